The third kappa shape index (κ3) is 4.57. The van der Waals surface area contributed by atoms with Gasteiger partial charge in [-0.2, -0.15) is 0 Å². The van der Waals surface area contributed by atoms with Crippen molar-refractivity contribution in [2.75, 3.05) is 37.6 Å². The first-order valence-corrected chi connectivity index (χ1v) is 8.56. The van der Waals surface area contributed by atoms with Crippen LogP contribution in [0, 0.1) is 10.1 Å². The molecule has 1 aliphatic rings. The summed E-state index contributed by atoms with van der Waals surface area (Å²) in [7, 11) is 0. The number of hydrogen-bond donors (Lipinski definition) is 1. The number of benzene rings is 1. The number of non-ortho nitro benzene ring substituents is 1. The highest BCUT2D eigenvalue weighted by Crippen LogP contribution is 2.13. The molecule has 0 aliphatic carbocycles. The van der Waals surface area contributed by atoms with Crippen molar-refractivity contribution < 1.29 is 19.5 Å². The molecule has 1 aromatic carbocycles. The van der Waals surface area contributed by atoms with Crippen molar-refractivity contribution in [1.82, 2.24) is 10.2 Å². The van der Waals surface area contributed by atoms with E-state index in [1.807, 2.05) is 24.4 Å². The van der Waals surface area contributed by atoms with Gasteiger partial charge in [0, 0.05) is 23.8 Å². The summed E-state index contributed by atoms with van der Waals surface area (Å²) in [6.07, 6.45) is 1.86. The molecule has 0 saturated carbocycles. The third-order valence-corrected chi connectivity index (χ3v) is 4.39. The summed E-state index contributed by atoms with van der Waals surface area (Å²) in [4.78, 5) is 41.7. The molecule has 1 aliphatic heterocycles. The highest BCUT2D eigenvalue weighted by atomic mass is 16.6. The average Bonchev–Trinajstić information content (AvgIpc) is 2.72. The lowest BCUT2D eigenvalue weighted by molar-refractivity contribution is -0.384. The van der Waals surface area contributed by atoms with Crippen LogP contribution in [-0.2, 0) is 4.79 Å². The SMILES string of the molecule is O=C(NCC(=O)N1CCN(c2cccc[nH+]2)CC1)c1cccc([N+](=O)[O-])c1. The van der Waals surface area contributed by atoms with E-state index in [0.29, 0.717) is 26.2 Å². The van der Waals surface area contributed by atoms with Crippen molar-refractivity contribution in [2.45, 2.75) is 0 Å². The summed E-state index contributed by atoms with van der Waals surface area (Å²) >= 11 is 0. The normalized spacial score (nSPS) is 13.9. The molecule has 1 fully saturated rings. The number of amides is 2. The fourth-order valence-electron chi connectivity index (χ4n) is 2.91. The summed E-state index contributed by atoms with van der Waals surface area (Å²) in [6, 6.07) is 11.3. The fourth-order valence-corrected chi connectivity index (χ4v) is 2.91. The number of nitro groups is 1. The number of rotatable bonds is 5. The molecule has 2 heterocycles. The summed E-state index contributed by atoms with van der Waals surface area (Å²) in [5, 5.41) is 13.3. The molecule has 9 heteroatoms. The zero-order valence-electron chi connectivity index (χ0n) is 14.6. The number of piperazine rings is 1. The van der Waals surface area contributed by atoms with Crippen LogP contribution in [0.15, 0.2) is 48.7 Å². The van der Waals surface area contributed by atoms with Crippen LogP contribution in [0.25, 0.3) is 0 Å². The first-order chi connectivity index (χ1) is 13.0. The van der Waals surface area contributed by atoms with Gasteiger partial charge in [-0.3, -0.25) is 24.6 Å². The molecule has 1 saturated heterocycles. The standard InChI is InChI=1S/C18H19N5O4/c24-17(13-20-18(25)14-4-3-5-15(12-14)23(26)27)22-10-8-21(9-11-22)16-6-1-2-7-19-16/h1-7,12H,8-11,13H2,(H,20,25)/p+1. The number of hydrogen-bond acceptors (Lipinski definition) is 5. The summed E-state index contributed by atoms with van der Waals surface area (Å²) in [6.45, 7) is 2.39. The van der Waals surface area contributed by atoms with E-state index in [-0.39, 0.29) is 23.7 Å². The predicted molar refractivity (Wildman–Crippen MR) is 97.2 cm³/mol. The Morgan fingerprint density at radius 2 is 1.89 bits per heavy atom. The highest BCUT2D eigenvalue weighted by molar-refractivity contribution is 5.97. The zero-order chi connectivity index (χ0) is 19.2. The van der Waals surface area contributed by atoms with Crippen molar-refractivity contribution in [2.24, 2.45) is 0 Å². The Hall–Kier alpha value is -3.49. The smallest absolute Gasteiger partial charge is 0.274 e. The van der Waals surface area contributed by atoms with Gasteiger partial charge in [-0.25, -0.2) is 4.98 Å². The van der Waals surface area contributed by atoms with Gasteiger partial charge in [0.2, 0.25) is 5.91 Å². The predicted octanol–water partition coefficient (Wildman–Crippen LogP) is 0.488. The monoisotopic (exact) mass is 370 g/mol. The van der Waals surface area contributed by atoms with E-state index < -0.39 is 10.8 Å². The van der Waals surface area contributed by atoms with Crippen LogP contribution in [0.2, 0.25) is 0 Å². The number of nitrogens with one attached hydrogen (secondary N) is 2. The molecule has 2 aromatic rings. The fraction of sp³-hybridized carbons (Fsp3) is 0.278. The maximum atomic E-state index is 12.3. The van der Waals surface area contributed by atoms with Gasteiger partial charge in [-0.15, -0.1) is 0 Å². The number of carbonyl (C=O) groups excluding carboxylic acids is 2. The van der Waals surface area contributed by atoms with Crippen LogP contribution in [0.1, 0.15) is 10.4 Å². The van der Waals surface area contributed by atoms with E-state index in [9.17, 15) is 19.7 Å². The molecule has 0 unspecified atom stereocenters. The number of nitro benzene ring substituents is 1. The van der Waals surface area contributed by atoms with E-state index in [4.69, 9.17) is 0 Å². The Bertz CT molecular complexity index is 835. The van der Waals surface area contributed by atoms with E-state index in [0.717, 1.165) is 5.82 Å². The van der Waals surface area contributed by atoms with E-state index in [1.54, 1.807) is 4.90 Å². The number of pyridine rings is 1. The first kappa shape index (κ1) is 18.3. The van der Waals surface area contributed by atoms with Gasteiger partial charge in [0.15, 0.2) is 0 Å². The van der Waals surface area contributed by atoms with E-state index >= 15 is 0 Å². The molecule has 0 atom stereocenters. The van der Waals surface area contributed by atoms with Gasteiger partial charge in [0.1, 0.15) is 13.1 Å². The topological polar surface area (TPSA) is 110 Å². The van der Waals surface area contributed by atoms with Crippen molar-refractivity contribution >= 4 is 23.3 Å². The molecule has 140 valence electrons. The van der Waals surface area contributed by atoms with Gasteiger partial charge in [-0.1, -0.05) is 12.1 Å². The largest absolute Gasteiger partial charge is 0.343 e. The molecule has 2 amide bonds. The molecule has 27 heavy (non-hydrogen) atoms. The van der Waals surface area contributed by atoms with Crippen molar-refractivity contribution in [1.29, 1.82) is 0 Å². The third-order valence-electron chi connectivity index (χ3n) is 4.39. The maximum absolute atomic E-state index is 12.3. The number of carbonyl (C=O) groups is 2. The van der Waals surface area contributed by atoms with Crippen LogP contribution < -0.4 is 15.2 Å². The minimum Gasteiger partial charge on any atom is -0.343 e. The molecule has 0 spiro atoms. The second-order valence-electron chi connectivity index (χ2n) is 6.11. The van der Waals surface area contributed by atoms with Gasteiger partial charge >= 0.3 is 0 Å². The molecule has 0 radical (unpaired) electrons. The second kappa shape index (κ2) is 8.26. The lowest BCUT2D eigenvalue weighted by Gasteiger charge is -2.31. The van der Waals surface area contributed by atoms with Crippen LogP contribution >= 0.6 is 0 Å². The lowest BCUT2D eigenvalue weighted by Crippen LogP contribution is -2.52. The molecular formula is C18H20N5O4+. The Morgan fingerprint density at radius 3 is 2.56 bits per heavy atom. The molecule has 1 aromatic heterocycles. The Labute approximate surface area is 155 Å². The van der Waals surface area contributed by atoms with Crippen molar-refractivity contribution in [3.8, 4) is 0 Å². The highest BCUT2D eigenvalue weighted by Gasteiger charge is 2.26. The average molecular weight is 370 g/mol. The summed E-state index contributed by atoms with van der Waals surface area (Å²) in [5.74, 6) is 0.318. The number of aromatic amines is 1. The van der Waals surface area contributed by atoms with Crippen molar-refractivity contribution in [3.05, 3.63) is 64.3 Å². The van der Waals surface area contributed by atoms with Crippen LogP contribution in [0.3, 0.4) is 0 Å². The lowest BCUT2D eigenvalue weighted by atomic mass is 10.2. The first-order valence-electron chi connectivity index (χ1n) is 8.56. The van der Waals surface area contributed by atoms with Gasteiger partial charge < -0.3 is 10.2 Å². The van der Waals surface area contributed by atoms with E-state index in [1.165, 1.54) is 24.3 Å². The number of nitrogens with zero attached hydrogens (tertiary/aromatic N) is 3. The molecular weight excluding hydrogens is 350 g/mol. The number of aromatic nitrogens is 1. The van der Waals surface area contributed by atoms with E-state index in [2.05, 4.69) is 15.2 Å². The van der Waals surface area contributed by atoms with Crippen molar-refractivity contribution in [3.63, 3.8) is 0 Å². The minimum absolute atomic E-state index is 0.140. The van der Waals surface area contributed by atoms with Crippen LogP contribution in [-0.4, -0.2) is 54.4 Å². The second-order valence-corrected chi connectivity index (χ2v) is 6.11. The molecule has 9 nitrogen and oxygen atoms in total. The van der Waals surface area contributed by atoms with Gasteiger partial charge in [0.25, 0.3) is 17.4 Å². The van der Waals surface area contributed by atoms with Gasteiger partial charge in [-0.05, 0) is 12.1 Å². The maximum Gasteiger partial charge on any atom is 0.274 e. The molecule has 0 bridgehead atoms. The minimum atomic E-state index is -0.564. The van der Waals surface area contributed by atoms with Gasteiger partial charge in [0.05, 0.1) is 30.8 Å². The summed E-state index contributed by atoms with van der Waals surface area (Å²) < 4.78 is 0. The van der Waals surface area contributed by atoms with Crippen LogP contribution in [0.4, 0.5) is 11.5 Å². The quantitative estimate of drug-likeness (QED) is 0.608. The molecule has 3 rings (SSSR count). The van der Waals surface area contributed by atoms with Crippen LogP contribution in [0.5, 0.6) is 0 Å². The Balaban J connectivity index is 1.49. The Morgan fingerprint density at radius 1 is 1.11 bits per heavy atom. The Kier molecular flexibility index (Phi) is 5.60. The summed E-state index contributed by atoms with van der Waals surface area (Å²) in [5.41, 5.74) is -0.00995. The number of H-pyrrole nitrogens is 1. The molecule has 2 N–H and O–H groups in total. The number of anilines is 1. The zero-order valence-corrected chi connectivity index (χ0v) is 14.6.